The summed E-state index contributed by atoms with van der Waals surface area (Å²) in [5.41, 5.74) is 7.47. The molecule has 0 atom stereocenters. The number of benzene rings is 6. The van der Waals surface area contributed by atoms with Gasteiger partial charge in [0.1, 0.15) is 11.6 Å². The van der Waals surface area contributed by atoms with E-state index in [0.29, 0.717) is 28.6 Å². The van der Waals surface area contributed by atoms with Gasteiger partial charge in [0.05, 0.1) is 16.7 Å². The molecule has 0 aliphatic rings. The molecule has 0 aliphatic heterocycles. The topological polar surface area (TPSA) is 43.6 Å². The van der Waals surface area contributed by atoms with Crippen molar-refractivity contribution < 1.29 is 8.78 Å². The average molecular weight is 601 g/mol. The third kappa shape index (κ3) is 4.90. The number of aryl methyl sites for hydroxylation is 1. The Bertz CT molecular complexity index is 2320. The molecule has 0 N–H and O–H groups in total. The molecule has 6 heteroatoms. The van der Waals surface area contributed by atoms with Crippen LogP contribution >= 0.6 is 0 Å². The van der Waals surface area contributed by atoms with E-state index in [1.165, 1.54) is 12.1 Å². The summed E-state index contributed by atoms with van der Waals surface area (Å²) in [6.45, 7) is 2.07. The maximum Gasteiger partial charge on any atom is 0.166 e. The van der Waals surface area contributed by atoms with E-state index in [1.807, 2.05) is 91.0 Å². The lowest BCUT2D eigenvalue weighted by Crippen LogP contribution is -2.04. The lowest BCUT2D eigenvalue weighted by atomic mass is 10.0. The van der Waals surface area contributed by atoms with Gasteiger partial charge in [0.25, 0.3) is 0 Å². The van der Waals surface area contributed by atoms with Gasteiger partial charge in [0, 0.05) is 33.5 Å². The van der Waals surface area contributed by atoms with Crippen LogP contribution in [0.1, 0.15) is 5.56 Å². The van der Waals surface area contributed by atoms with Gasteiger partial charge in [-0.1, -0.05) is 97.1 Å². The number of halogens is 2. The van der Waals surface area contributed by atoms with Crippen LogP contribution in [-0.4, -0.2) is 19.5 Å². The molecule has 0 radical (unpaired) electrons. The number of nitrogens with zero attached hydrogens (tertiary/aromatic N) is 4. The van der Waals surface area contributed by atoms with Gasteiger partial charge < -0.3 is 4.57 Å². The maximum absolute atomic E-state index is 14.4. The summed E-state index contributed by atoms with van der Waals surface area (Å²) in [6.07, 6.45) is 0. The molecule has 0 spiro atoms. The molecule has 46 heavy (non-hydrogen) atoms. The van der Waals surface area contributed by atoms with Crippen molar-refractivity contribution in [1.82, 2.24) is 19.5 Å². The zero-order valence-electron chi connectivity index (χ0n) is 24.8. The van der Waals surface area contributed by atoms with Gasteiger partial charge in [-0.3, -0.25) is 0 Å². The highest BCUT2D eigenvalue weighted by Gasteiger charge is 2.20. The summed E-state index contributed by atoms with van der Waals surface area (Å²) in [7, 11) is 0. The molecule has 4 nitrogen and oxygen atoms in total. The third-order valence-electron chi connectivity index (χ3n) is 8.20. The van der Waals surface area contributed by atoms with E-state index in [1.54, 1.807) is 0 Å². The van der Waals surface area contributed by atoms with E-state index in [9.17, 15) is 8.78 Å². The van der Waals surface area contributed by atoms with Crippen LogP contribution in [0.5, 0.6) is 0 Å². The van der Waals surface area contributed by atoms with Crippen LogP contribution in [0.15, 0.2) is 140 Å². The molecule has 6 aromatic carbocycles. The second kappa shape index (κ2) is 11.2. The summed E-state index contributed by atoms with van der Waals surface area (Å²) in [6, 6.07) is 43.6. The monoisotopic (exact) mass is 600 g/mol. The summed E-state index contributed by atoms with van der Waals surface area (Å²) in [5.74, 6) is 0.309. The minimum absolute atomic E-state index is 0.438. The highest BCUT2D eigenvalue weighted by Crippen LogP contribution is 2.38. The summed E-state index contributed by atoms with van der Waals surface area (Å²) in [4.78, 5) is 14.9. The van der Waals surface area contributed by atoms with Crippen molar-refractivity contribution in [1.29, 1.82) is 0 Å². The predicted octanol–water partition coefficient (Wildman–Crippen LogP) is 10.2. The number of rotatable bonds is 5. The lowest BCUT2D eigenvalue weighted by molar-refractivity contribution is 0.584. The summed E-state index contributed by atoms with van der Waals surface area (Å²) in [5, 5.41) is 2.19. The molecular weight excluding hydrogens is 574 g/mol. The fourth-order valence-electron chi connectivity index (χ4n) is 6.07. The highest BCUT2D eigenvalue weighted by atomic mass is 19.1. The quantitative estimate of drug-likeness (QED) is 0.197. The number of aromatic nitrogens is 4. The molecule has 0 saturated heterocycles. The van der Waals surface area contributed by atoms with Crippen LogP contribution in [0, 0.1) is 18.6 Å². The van der Waals surface area contributed by atoms with Gasteiger partial charge in [-0.2, -0.15) is 0 Å². The Morgan fingerprint density at radius 1 is 0.457 bits per heavy atom. The number of para-hydroxylation sites is 1. The van der Waals surface area contributed by atoms with Gasteiger partial charge in [-0.15, -0.1) is 0 Å². The molecular formula is C40H26F2N4. The van der Waals surface area contributed by atoms with Crippen LogP contribution in [0.2, 0.25) is 0 Å². The van der Waals surface area contributed by atoms with Crippen molar-refractivity contribution in [2.45, 2.75) is 6.92 Å². The van der Waals surface area contributed by atoms with E-state index < -0.39 is 11.6 Å². The molecule has 0 bridgehead atoms. The van der Waals surface area contributed by atoms with Crippen molar-refractivity contribution in [2.24, 2.45) is 0 Å². The van der Waals surface area contributed by atoms with Gasteiger partial charge in [-0.25, -0.2) is 23.7 Å². The Morgan fingerprint density at radius 2 is 1.04 bits per heavy atom. The van der Waals surface area contributed by atoms with E-state index in [4.69, 9.17) is 15.0 Å². The standard InChI is InChI=1S/C40H26F2N4/c1-25-16-18-33-32-14-8-9-15-35(32)46(36(33)20-25)37-23-28(29-21-30(41)24-31(42)22-29)17-19-34(37)40-44-38(26-10-4-2-5-11-26)43-39(45-40)27-12-6-3-7-13-27/h2-24H,1H3. The Balaban J connectivity index is 1.46. The van der Waals surface area contributed by atoms with Crippen molar-refractivity contribution in [2.75, 3.05) is 0 Å². The Kier molecular flexibility index (Phi) is 6.68. The second-order valence-corrected chi connectivity index (χ2v) is 11.3. The minimum Gasteiger partial charge on any atom is -0.308 e. The molecule has 0 fully saturated rings. The van der Waals surface area contributed by atoms with E-state index in [0.717, 1.165) is 55.8 Å². The molecule has 0 amide bonds. The van der Waals surface area contributed by atoms with Crippen LogP contribution in [-0.2, 0) is 0 Å². The first-order valence-electron chi connectivity index (χ1n) is 15.0. The lowest BCUT2D eigenvalue weighted by Gasteiger charge is -2.16. The molecule has 220 valence electrons. The van der Waals surface area contributed by atoms with E-state index in [-0.39, 0.29) is 0 Å². The largest absolute Gasteiger partial charge is 0.308 e. The second-order valence-electron chi connectivity index (χ2n) is 11.3. The minimum atomic E-state index is -0.634. The average Bonchev–Trinajstić information content (AvgIpc) is 3.41. The van der Waals surface area contributed by atoms with Crippen LogP contribution < -0.4 is 0 Å². The number of hydrogen-bond acceptors (Lipinski definition) is 3. The first-order valence-corrected chi connectivity index (χ1v) is 15.0. The number of fused-ring (bicyclic) bond motifs is 3. The summed E-state index contributed by atoms with van der Waals surface area (Å²) < 4.78 is 31.1. The molecule has 0 saturated carbocycles. The van der Waals surface area contributed by atoms with E-state index in [2.05, 4.69) is 41.8 Å². The van der Waals surface area contributed by atoms with E-state index >= 15 is 0 Å². The zero-order chi connectivity index (χ0) is 31.2. The fraction of sp³-hybridized carbons (Fsp3) is 0.0250. The summed E-state index contributed by atoms with van der Waals surface area (Å²) >= 11 is 0. The highest BCUT2D eigenvalue weighted by molar-refractivity contribution is 6.10. The normalized spacial score (nSPS) is 11.4. The van der Waals surface area contributed by atoms with Crippen LogP contribution in [0.25, 0.3) is 72.8 Å². The van der Waals surface area contributed by atoms with Crippen LogP contribution in [0.3, 0.4) is 0 Å². The fourth-order valence-corrected chi connectivity index (χ4v) is 6.07. The van der Waals surface area contributed by atoms with Gasteiger partial charge in [0.15, 0.2) is 17.5 Å². The molecule has 2 heterocycles. The Hall–Kier alpha value is -6.01. The van der Waals surface area contributed by atoms with Crippen LogP contribution in [0.4, 0.5) is 8.78 Å². The van der Waals surface area contributed by atoms with Crippen molar-refractivity contribution in [3.05, 3.63) is 157 Å². The Morgan fingerprint density at radius 3 is 1.72 bits per heavy atom. The molecule has 0 unspecified atom stereocenters. The molecule has 8 rings (SSSR count). The molecule has 2 aromatic heterocycles. The number of hydrogen-bond donors (Lipinski definition) is 0. The zero-order valence-corrected chi connectivity index (χ0v) is 24.8. The predicted molar refractivity (Wildman–Crippen MR) is 181 cm³/mol. The third-order valence-corrected chi connectivity index (χ3v) is 8.20. The SMILES string of the molecule is Cc1ccc2c3ccccc3n(-c3cc(-c4cc(F)cc(F)c4)ccc3-c3nc(-c4ccccc4)nc(-c4ccccc4)n3)c2c1. The van der Waals surface area contributed by atoms with Crippen molar-refractivity contribution >= 4 is 21.8 Å². The molecule has 8 aromatic rings. The smallest absolute Gasteiger partial charge is 0.166 e. The maximum atomic E-state index is 14.4. The van der Waals surface area contributed by atoms with Gasteiger partial charge in [0.2, 0.25) is 0 Å². The first kappa shape index (κ1) is 27.5. The first-order chi connectivity index (χ1) is 22.5. The van der Waals surface area contributed by atoms with Crippen molar-refractivity contribution in [3.8, 4) is 51.0 Å². The Labute approximate surface area is 264 Å². The molecule has 0 aliphatic carbocycles. The van der Waals surface area contributed by atoms with Crippen molar-refractivity contribution in [3.63, 3.8) is 0 Å². The van der Waals surface area contributed by atoms with Gasteiger partial charge in [-0.05, 0) is 60.0 Å². The van der Waals surface area contributed by atoms with Gasteiger partial charge >= 0.3 is 0 Å².